The molecular formula is C17H13N3. The fourth-order valence-electron chi connectivity index (χ4n) is 2.02. The molecule has 3 rings (SSSR count). The van der Waals surface area contributed by atoms with Crippen molar-refractivity contribution in [3.05, 3.63) is 54.7 Å². The van der Waals surface area contributed by atoms with E-state index in [0.29, 0.717) is 6.54 Å². The van der Waals surface area contributed by atoms with E-state index in [-0.39, 0.29) is 0 Å². The summed E-state index contributed by atoms with van der Waals surface area (Å²) >= 11 is 0. The van der Waals surface area contributed by atoms with Crippen LogP contribution in [0.2, 0.25) is 0 Å². The van der Waals surface area contributed by atoms with Crippen LogP contribution in [0.15, 0.2) is 54.7 Å². The Balaban J connectivity index is 2.03. The highest BCUT2D eigenvalue weighted by atomic mass is 14.9. The summed E-state index contributed by atoms with van der Waals surface area (Å²) in [5.41, 5.74) is 4.61. The molecule has 96 valence electrons. The average molecular weight is 259 g/mol. The quantitative estimate of drug-likeness (QED) is 0.733. The molecule has 0 aliphatic carbocycles. The summed E-state index contributed by atoms with van der Waals surface area (Å²) in [6, 6.07) is 15.9. The smallest absolute Gasteiger partial charge is 0.0914 e. The molecule has 20 heavy (non-hydrogen) atoms. The highest BCUT2D eigenvalue weighted by Crippen LogP contribution is 2.21. The Morgan fingerprint density at radius 1 is 1.05 bits per heavy atom. The van der Waals surface area contributed by atoms with E-state index >= 15 is 0 Å². The first-order chi connectivity index (χ1) is 9.86. The zero-order valence-corrected chi connectivity index (χ0v) is 10.9. The third-order valence-electron chi connectivity index (χ3n) is 3.01. The van der Waals surface area contributed by atoms with Crippen molar-refractivity contribution >= 4 is 16.7 Å². The van der Waals surface area contributed by atoms with E-state index in [0.717, 1.165) is 28.0 Å². The van der Waals surface area contributed by atoms with Gasteiger partial charge in [-0.2, -0.15) is 0 Å². The van der Waals surface area contributed by atoms with Crippen LogP contribution in [0.3, 0.4) is 0 Å². The lowest BCUT2D eigenvalue weighted by Gasteiger charge is -2.05. The van der Waals surface area contributed by atoms with Crippen LogP contribution in [0.1, 0.15) is 0 Å². The molecule has 0 saturated carbocycles. The van der Waals surface area contributed by atoms with Crippen LogP contribution < -0.4 is 5.32 Å². The van der Waals surface area contributed by atoms with E-state index < -0.39 is 0 Å². The van der Waals surface area contributed by atoms with Gasteiger partial charge in [-0.05, 0) is 18.2 Å². The van der Waals surface area contributed by atoms with Crippen LogP contribution in [-0.4, -0.2) is 16.5 Å². The zero-order valence-electron chi connectivity index (χ0n) is 10.9. The molecule has 3 heteroatoms. The average Bonchev–Trinajstić information content (AvgIpc) is 2.53. The van der Waals surface area contributed by atoms with Crippen molar-refractivity contribution < 1.29 is 0 Å². The van der Waals surface area contributed by atoms with Gasteiger partial charge < -0.3 is 5.32 Å². The SMILES string of the molecule is C#CCNc1ccc2ncc(-c3ccccc3)nc2c1. The Bertz CT molecular complexity index is 773. The molecule has 0 spiro atoms. The Morgan fingerprint density at radius 2 is 1.90 bits per heavy atom. The molecular weight excluding hydrogens is 246 g/mol. The van der Waals surface area contributed by atoms with Gasteiger partial charge >= 0.3 is 0 Å². The third-order valence-corrected chi connectivity index (χ3v) is 3.01. The summed E-state index contributed by atoms with van der Waals surface area (Å²) in [7, 11) is 0. The fraction of sp³-hybridized carbons (Fsp3) is 0.0588. The van der Waals surface area contributed by atoms with Gasteiger partial charge in [-0.15, -0.1) is 6.42 Å². The van der Waals surface area contributed by atoms with Crippen LogP contribution in [-0.2, 0) is 0 Å². The molecule has 2 aromatic carbocycles. The monoisotopic (exact) mass is 259 g/mol. The fourth-order valence-corrected chi connectivity index (χ4v) is 2.02. The van der Waals surface area contributed by atoms with Crippen LogP contribution >= 0.6 is 0 Å². The molecule has 0 aliphatic heterocycles. The number of rotatable bonds is 3. The lowest BCUT2D eigenvalue weighted by molar-refractivity contribution is 1.29. The third kappa shape index (κ3) is 2.45. The molecule has 0 radical (unpaired) electrons. The number of anilines is 1. The minimum absolute atomic E-state index is 0.497. The molecule has 1 N–H and O–H groups in total. The number of aromatic nitrogens is 2. The molecule has 0 amide bonds. The standard InChI is InChI=1S/C17H13N3/c1-2-10-18-14-8-9-15-16(11-14)20-17(12-19-15)13-6-4-3-5-7-13/h1,3-9,11-12,18H,10H2. The van der Waals surface area contributed by atoms with Gasteiger partial charge in [-0.25, -0.2) is 4.98 Å². The van der Waals surface area contributed by atoms with Gasteiger partial charge in [-0.3, -0.25) is 4.98 Å². The van der Waals surface area contributed by atoms with E-state index in [1.54, 1.807) is 6.20 Å². The minimum Gasteiger partial charge on any atom is -0.374 e. The first kappa shape index (κ1) is 12.2. The van der Waals surface area contributed by atoms with Crippen LogP contribution in [0.5, 0.6) is 0 Å². The highest BCUT2D eigenvalue weighted by Gasteiger charge is 2.03. The van der Waals surface area contributed by atoms with E-state index in [1.165, 1.54) is 0 Å². The van der Waals surface area contributed by atoms with Gasteiger partial charge in [0.1, 0.15) is 0 Å². The van der Waals surface area contributed by atoms with Crippen molar-refractivity contribution in [1.82, 2.24) is 9.97 Å². The number of hydrogen-bond donors (Lipinski definition) is 1. The normalized spacial score (nSPS) is 10.2. The molecule has 0 fully saturated rings. The topological polar surface area (TPSA) is 37.8 Å². The zero-order chi connectivity index (χ0) is 13.8. The largest absolute Gasteiger partial charge is 0.374 e. The van der Waals surface area contributed by atoms with Crippen LogP contribution in [0, 0.1) is 12.3 Å². The second kappa shape index (κ2) is 5.41. The molecule has 1 aromatic heterocycles. The maximum absolute atomic E-state index is 5.25. The summed E-state index contributed by atoms with van der Waals surface area (Å²) in [6.45, 7) is 0.497. The maximum atomic E-state index is 5.25. The molecule has 1 heterocycles. The first-order valence-electron chi connectivity index (χ1n) is 6.36. The summed E-state index contributed by atoms with van der Waals surface area (Å²) in [4.78, 5) is 9.11. The van der Waals surface area contributed by atoms with E-state index in [1.807, 2.05) is 48.5 Å². The van der Waals surface area contributed by atoms with Gasteiger partial charge in [0.15, 0.2) is 0 Å². The number of fused-ring (bicyclic) bond motifs is 1. The van der Waals surface area contributed by atoms with Crippen molar-refractivity contribution in [2.45, 2.75) is 0 Å². The number of benzene rings is 2. The second-order valence-corrected chi connectivity index (χ2v) is 4.38. The predicted molar refractivity (Wildman–Crippen MR) is 82.3 cm³/mol. The van der Waals surface area contributed by atoms with Gasteiger partial charge in [-0.1, -0.05) is 36.3 Å². The summed E-state index contributed by atoms with van der Waals surface area (Å²) in [5, 5.41) is 3.14. The van der Waals surface area contributed by atoms with E-state index in [9.17, 15) is 0 Å². The molecule has 0 unspecified atom stereocenters. The van der Waals surface area contributed by atoms with Crippen molar-refractivity contribution in [3.63, 3.8) is 0 Å². The van der Waals surface area contributed by atoms with Crippen LogP contribution in [0.25, 0.3) is 22.3 Å². The van der Waals surface area contributed by atoms with Gasteiger partial charge in [0.05, 0.1) is 29.5 Å². The van der Waals surface area contributed by atoms with Gasteiger partial charge in [0, 0.05) is 11.3 Å². The highest BCUT2D eigenvalue weighted by molar-refractivity contribution is 5.80. The minimum atomic E-state index is 0.497. The first-order valence-corrected chi connectivity index (χ1v) is 6.36. The second-order valence-electron chi connectivity index (χ2n) is 4.38. The summed E-state index contributed by atoms with van der Waals surface area (Å²) in [5.74, 6) is 2.55. The summed E-state index contributed by atoms with van der Waals surface area (Å²) in [6.07, 6.45) is 7.05. The van der Waals surface area contributed by atoms with E-state index in [2.05, 4.69) is 21.2 Å². The van der Waals surface area contributed by atoms with Crippen molar-refractivity contribution in [2.24, 2.45) is 0 Å². The molecule has 0 aliphatic rings. The van der Waals surface area contributed by atoms with Crippen molar-refractivity contribution in [3.8, 4) is 23.6 Å². The Hall–Kier alpha value is -2.86. The molecule has 0 saturated heterocycles. The van der Waals surface area contributed by atoms with Gasteiger partial charge in [0.2, 0.25) is 0 Å². The molecule has 0 atom stereocenters. The van der Waals surface area contributed by atoms with Crippen molar-refractivity contribution in [1.29, 1.82) is 0 Å². The van der Waals surface area contributed by atoms with E-state index in [4.69, 9.17) is 6.42 Å². The molecule has 3 aromatic rings. The number of nitrogens with one attached hydrogen (secondary N) is 1. The molecule has 3 nitrogen and oxygen atoms in total. The maximum Gasteiger partial charge on any atom is 0.0914 e. The van der Waals surface area contributed by atoms with Crippen LogP contribution in [0.4, 0.5) is 5.69 Å². The molecule has 0 bridgehead atoms. The Labute approximate surface area is 117 Å². The number of hydrogen-bond acceptors (Lipinski definition) is 3. The van der Waals surface area contributed by atoms with Crippen molar-refractivity contribution in [2.75, 3.05) is 11.9 Å². The lowest BCUT2D eigenvalue weighted by atomic mass is 10.1. The summed E-state index contributed by atoms with van der Waals surface area (Å²) < 4.78 is 0. The number of nitrogens with zero attached hydrogens (tertiary/aromatic N) is 2. The van der Waals surface area contributed by atoms with Gasteiger partial charge in [0.25, 0.3) is 0 Å². The Morgan fingerprint density at radius 3 is 2.70 bits per heavy atom. The Kier molecular flexibility index (Phi) is 3.30. The number of terminal acetylenes is 1. The lowest BCUT2D eigenvalue weighted by Crippen LogP contribution is -1.98. The predicted octanol–water partition coefficient (Wildman–Crippen LogP) is 3.34.